The number of benzene rings is 2. The average molecular weight is 443 g/mol. The van der Waals surface area contributed by atoms with Crippen molar-refractivity contribution in [1.82, 2.24) is 20.0 Å². The van der Waals surface area contributed by atoms with Gasteiger partial charge in [-0.15, -0.1) is 0 Å². The van der Waals surface area contributed by atoms with E-state index in [2.05, 4.69) is 15.3 Å². The van der Waals surface area contributed by atoms with E-state index in [0.29, 0.717) is 24.3 Å². The Kier molecular flexibility index (Phi) is 4.92. The number of aromatic nitrogens is 4. The minimum Gasteiger partial charge on any atom is -0.312 e. The summed E-state index contributed by atoms with van der Waals surface area (Å²) in [6, 6.07) is 15.6. The highest BCUT2D eigenvalue weighted by Crippen LogP contribution is 2.35. The zero-order valence-corrected chi connectivity index (χ0v) is 18.2. The molecule has 0 radical (unpaired) electrons. The van der Waals surface area contributed by atoms with E-state index in [0.717, 1.165) is 5.69 Å². The van der Waals surface area contributed by atoms with E-state index in [9.17, 15) is 9.59 Å². The van der Waals surface area contributed by atoms with Gasteiger partial charge in [0.15, 0.2) is 5.69 Å². The number of carbonyl (C=O) groups is 1. The molecule has 8 heteroatoms. The lowest BCUT2D eigenvalue weighted by molar-refractivity contribution is -0.123. The highest BCUT2D eigenvalue weighted by molar-refractivity contribution is 5.99. The normalized spacial score (nSPS) is 15.2. The number of rotatable bonds is 4. The molecule has 0 bridgehead atoms. The van der Waals surface area contributed by atoms with Gasteiger partial charge in [-0.3, -0.25) is 14.7 Å². The lowest BCUT2D eigenvalue weighted by Crippen LogP contribution is -2.30. The standard InChI is InChI=1S/C25H22FN5O2/c1-25(2)11-13-30(24(25)33)17-8-9-18(20(26)14-17)19-15-27-29-22(23(19)32)21-10-12-28-31(21)16-6-4-3-5-7-16/h3-10,12,14-15H,11,13H2,1-2H3,(H,27,32). The van der Waals surface area contributed by atoms with E-state index < -0.39 is 16.7 Å². The second kappa shape index (κ2) is 7.81. The topological polar surface area (TPSA) is 83.9 Å². The molecule has 2 aromatic heterocycles. The van der Waals surface area contributed by atoms with Crippen LogP contribution in [0.15, 0.2) is 71.8 Å². The molecule has 5 rings (SSSR count). The molecule has 1 saturated heterocycles. The number of nitrogens with zero attached hydrogens (tertiary/aromatic N) is 4. The van der Waals surface area contributed by atoms with E-state index in [4.69, 9.17) is 0 Å². The predicted octanol–water partition coefficient (Wildman–Crippen LogP) is 4.19. The predicted molar refractivity (Wildman–Crippen MR) is 124 cm³/mol. The number of H-pyrrole nitrogens is 1. The quantitative estimate of drug-likeness (QED) is 0.513. The number of para-hydroxylation sites is 1. The van der Waals surface area contributed by atoms with Gasteiger partial charge in [-0.05, 0) is 42.8 Å². The Morgan fingerprint density at radius 1 is 1.00 bits per heavy atom. The molecule has 2 aromatic carbocycles. The van der Waals surface area contributed by atoms with Gasteiger partial charge in [0.2, 0.25) is 11.3 Å². The molecule has 1 aliphatic heterocycles. The number of halogens is 1. The Balaban J connectivity index is 1.54. The maximum absolute atomic E-state index is 15.2. The van der Waals surface area contributed by atoms with Crippen molar-refractivity contribution in [3.63, 3.8) is 0 Å². The minimum absolute atomic E-state index is 0.0344. The molecule has 0 aliphatic carbocycles. The number of aromatic amines is 1. The van der Waals surface area contributed by atoms with E-state index in [-0.39, 0.29) is 22.7 Å². The Labute approximate surface area is 189 Å². The van der Waals surface area contributed by atoms with Crippen molar-refractivity contribution in [1.29, 1.82) is 0 Å². The molecule has 3 heterocycles. The van der Waals surface area contributed by atoms with Crippen LogP contribution in [-0.2, 0) is 4.79 Å². The van der Waals surface area contributed by atoms with Crippen molar-refractivity contribution in [2.75, 3.05) is 11.4 Å². The number of nitrogens with one attached hydrogen (secondary N) is 1. The molecular formula is C25H22FN5O2. The summed E-state index contributed by atoms with van der Waals surface area (Å²) in [4.78, 5) is 27.5. The summed E-state index contributed by atoms with van der Waals surface area (Å²) >= 11 is 0. The number of anilines is 1. The SMILES string of the molecule is CC1(C)CCN(c2ccc(-c3c[nH]nc(-c4ccnn4-c4ccccc4)c3=O)c(F)c2)C1=O. The molecule has 0 spiro atoms. The third-order valence-corrected chi connectivity index (χ3v) is 6.07. The van der Waals surface area contributed by atoms with Crippen molar-refractivity contribution >= 4 is 11.6 Å². The second-order valence-corrected chi connectivity index (χ2v) is 8.70. The summed E-state index contributed by atoms with van der Waals surface area (Å²) in [6.07, 6.45) is 3.68. The van der Waals surface area contributed by atoms with Crippen LogP contribution in [0.25, 0.3) is 28.2 Å². The second-order valence-electron chi connectivity index (χ2n) is 8.70. The van der Waals surface area contributed by atoms with Crippen molar-refractivity contribution in [2.45, 2.75) is 20.3 Å². The molecular weight excluding hydrogens is 421 g/mol. The summed E-state index contributed by atoms with van der Waals surface area (Å²) in [6.45, 7) is 4.31. The smallest absolute Gasteiger partial charge is 0.232 e. The molecule has 1 amide bonds. The summed E-state index contributed by atoms with van der Waals surface area (Å²) in [7, 11) is 0. The Hall–Kier alpha value is -4.07. The fourth-order valence-corrected chi connectivity index (χ4v) is 4.14. The van der Waals surface area contributed by atoms with Crippen LogP contribution in [0.1, 0.15) is 20.3 Å². The first-order valence-corrected chi connectivity index (χ1v) is 10.7. The molecule has 33 heavy (non-hydrogen) atoms. The van der Waals surface area contributed by atoms with Crippen LogP contribution in [-0.4, -0.2) is 32.4 Å². The van der Waals surface area contributed by atoms with Crippen molar-refractivity contribution in [3.05, 3.63) is 83.0 Å². The third kappa shape index (κ3) is 3.53. The van der Waals surface area contributed by atoms with Gasteiger partial charge < -0.3 is 4.90 Å². The van der Waals surface area contributed by atoms with Crippen molar-refractivity contribution in [2.24, 2.45) is 5.41 Å². The Morgan fingerprint density at radius 3 is 2.48 bits per heavy atom. The van der Waals surface area contributed by atoms with Crippen LogP contribution in [0.3, 0.4) is 0 Å². The molecule has 1 N–H and O–H groups in total. The lowest BCUT2D eigenvalue weighted by atomic mass is 9.92. The monoisotopic (exact) mass is 443 g/mol. The zero-order valence-electron chi connectivity index (χ0n) is 18.2. The molecule has 7 nitrogen and oxygen atoms in total. The third-order valence-electron chi connectivity index (χ3n) is 6.07. The first kappa shape index (κ1) is 20.8. The number of hydrogen-bond donors (Lipinski definition) is 1. The molecule has 4 aromatic rings. The Bertz CT molecular complexity index is 1410. The van der Waals surface area contributed by atoms with Gasteiger partial charge in [0.1, 0.15) is 5.82 Å². The minimum atomic E-state index is -0.579. The maximum Gasteiger partial charge on any atom is 0.232 e. The van der Waals surface area contributed by atoms with Gasteiger partial charge in [0.05, 0.1) is 23.1 Å². The van der Waals surface area contributed by atoms with E-state index in [1.807, 2.05) is 44.2 Å². The van der Waals surface area contributed by atoms with E-state index in [1.165, 1.54) is 18.3 Å². The highest BCUT2D eigenvalue weighted by atomic mass is 19.1. The molecule has 166 valence electrons. The number of amides is 1. The van der Waals surface area contributed by atoms with Crippen LogP contribution in [0, 0.1) is 11.2 Å². The maximum atomic E-state index is 15.2. The van der Waals surface area contributed by atoms with Gasteiger partial charge in [-0.25, -0.2) is 9.07 Å². The van der Waals surface area contributed by atoms with E-state index >= 15 is 4.39 Å². The first-order valence-electron chi connectivity index (χ1n) is 10.7. The van der Waals surface area contributed by atoms with E-state index in [1.54, 1.807) is 27.9 Å². The number of hydrogen-bond acceptors (Lipinski definition) is 4. The van der Waals surface area contributed by atoms with Crippen LogP contribution >= 0.6 is 0 Å². The fraction of sp³-hybridized carbons (Fsp3) is 0.200. The zero-order chi connectivity index (χ0) is 23.2. The van der Waals surface area contributed by atoms with Gasteiger partial charge in [0, 0.05) is 29.4 Å². The largest absolute Gasteiger partial charge is 0.312 e. The first-order chi connectivity index (χ1) is 15.9. The van der Waals surface area contributed by atoms with Crippen LogP contribution in [0.4, 0.5) is 10.1 Å². The Morgan fingerprint density at radius 2 is 1.79 bits per heavy atom. The number of carbonyl (C=O) groups excluding carboxylic acids is 1. The van der Waals surface area contributed by atoms with Gasteiger partial charge in [-0.1, -0.05) is 32.0 Å². The molecule has 0 atom stereocenters. The summed E-state index contributed by atoms with van der Waals surface area (Å²) < 4.78 is 16.8. The average Bonchev–Trinajstić information content (AvgIpc) is 3.39. The van der Waals surface area contributed by atoms with Gasteiger partial charge in [-0.2, -0.15) is 10.2 Å². The van der Waals surface area contributed by atoms with Crippen LogP contribution in [0.5, 0.6) is 0 Å². The van der Waals surface area contributed by atoms with Gasteiger partial charge >= 0.3 is 0 Å². The molecule has 0 unspecified atom stereocenters. The summed E-state index contributed by atoms with van der Waals surface area (Å²) in [5, 5.41) is 11.2. The van der Waals surface area contributed by atoms with Gasteiger partial charge in [0.25, 0.3) is 0 Å². The molecule has 0 saturated carbocycles. The molecule has 1 fully saturated rings. The fourth-order valence-electron chi connectivity index (χ4n) is 4.14. The summed E-state index contributed by atoms with van der Waals surface area (Å²) in [5.74, 6) is -0.614. The van der Waals surface area contributed by atoms with Crippen LogP contribution < -0.4 is 10.3 Å². The molecule has 1 aliphatic rings. The van der Waals surface area contributed by atoms with Crippen molar-refractivity contribution in [3.8, 4) is 28.2 Å². The van der Waals surface area contributed by atoms with Crippen molar-refractivity contribution < 1.29 is 9.18 Å². The highest BCUT2D eigenvalue weighted by Gasteiger charge is 2.39. The van der Waals surface area contributed by atoms with Crippen LogP contribution in [0.2, 0.25) is 0 Å². The lowest BCUT2D eigenvalue weighted by Gasteiger charge is -2.20. The summed E-state index contributed by atoms with van der Waals surface area (Å²) in [5.41, 5.74) is 1.29.